The molecule has 2 aliphatic heterocycles. The number of hydrogen-bond donors (Lipinski definition) is 1. The van der Waals surface area contributed by atoms with Crippen molar-refractivity contribution in [2.45, 2.75) is 39.3 Å². The normalized spacial score (nSPS) is 19.3. The van der Waals surface area contributed by atoms with Crippen LogP contribution in [0.25, 0.3) is 0 Å². The van der Waals surface area contributed by atoms with Crippen LogP contribution < -0.4 is 5.32 Å². The molecule has 0 aromatic heterocycles. The van der Waals surface area contributed by atoms with E-state index in [0.717, 1.165) is 64.6 Å². The highest BCUT2D eigenvalue weighted by atomic mass is 127. The van der Waals surface area contributed by atoms with Crippen LogP contribution >= 0.6 is 24.0 Å². The van der Waals surface area contributed by atoms with Gasteiger partial charge in [-0.2, -0.15) is 0 Å². The van der Waals surface area contributed by atoms with Crippen LogP contribution in [0.1, 0.15) is 30.9 Å². The van der Waals surface area contributed by atoms with Gasteiger partial charge in [-0.3, -0.25) is 14.7 Å². The van der Waals surface area contributed by atoms with Crippen molar-refractivity contribution in [2.24, 2.45) is 4.99 Å². The number of hydrogen-bond acceptors (Lipinski definition) is 3. The van der Waals surface area contributed by atoms with E-state index in [9.17, 15) is 4.79 Å². The number of aryl methyl sites for hydroxylation is 1. The quantitative estimate of drug-likeness (QED) is 0.393. The first kappa shape index (κ1) is 22.9. The number of nitrogens with zero attached hydrogens (tertiary/aromatic N) is 4. The first-order chi connectivity index (χ1) is 13.1. The van der Waals surface area contributed by atoms with Crippen LogP contribution in [-0.4, -0.2) is 78.9 Å². The molecule has 3 rings (SSSR count). The van der Waals surface area contributed by atoms with Crippen LogP contribution in [0.5, 0.6) is 0 Å². The number of benzene rings is 1. The topological polar surface area (TPSA) is 51.2 Å². The van der Waals surface area contributed by atoms with Gasteiger partial charge in [-0.1, -0.05) is 29.8 Å². The molecule has 1 N–H and O–H groups in total. The van der Waals surface area contributed by atoms with Crippen LogP contribution in [0.3, 0.4) is 0 Å². The predicted octanol–water partition coefficient (Wildman–Crippen LogP) is 2.32. The molecular weight excluding hydrogens is 465 g/mol. The van der Waals surface area contributed by atoms with E-state index >= 15 is 0 Å². The molecule has 1 amide bonds. The van der Waals surface area contributed by atoms with Crippen LogP contribution in [0.2, 0.25) is 0 Å². The highest BCUT2D eigenvalue weighted by Gasteiger charge is 2.30. The Hall–Kier alpha value is -1.35. The van der Waals surface area contributed by atoms with Crippen LogP contribution in [0, 0.1) is 6.92 Å². The Morgan fingerprint density at radius 3 is 2.21 bits per heavy atom. The molecule has 0 saturated carbocycles. The maximum Gasteiger partial charge on any atom is 0.239 e. The number of carbonyl (C=O) groups excluding carboxylic acids is 1. The third-order valence-corrected chi connectivity index (χ3v) is 5.72. The largest absolute Gasteiger partial charge is 0.352 e. The smallest absolute Gasteiger partial charge is 0.239 e. The van der Waals surface area contributed by atoms with E-state index < -0.39 is 0 Å². The van der Waals surface area contributed by atoms with E-state index in [1.807, 2.05) is 11.9 Å². The molecule has 2 aliphatic rings. The Labute approximate surface area is 186 Å². The minimum absolute atomic E-state index is 0. The standard InChI is InChI=1S/C21H33N5O.HI/c1-17-6-8-19(9-7-17)16-23-21(22-3)26-14-12-24(13-15-26)18(2)20(27)25-10-4-5-11-25;/h6-9,18H,4-5,10-16H2,1-3H3,(H,22,23);1H. The zero-order chi connectivity index (χ0) is 19.2. The summed E-state index contributed by atoms with van der Waals surface area (Å²) in [6.07, 6.45) is 2.30. The van der Waals surface area contributed by atoms with Crippen LogP contribution in [0.15, 0.2) is 29.3 Å². The Bertz CT molecular complexity index is 649. The molecule has 6 nitrogen and oxygen atoms in total. The Kier molecular flexibility index (Phi) is 9.01. The number of amides is 1. The summed E-state index contributed by atoms with van der Waals surface area (Å²) in [5, 5.41) is 3.47. The zero-order valence-corrected chi connectivity index (χ0v) is 19.7. The number of guanidine groups is 1. The Balaban J connectivity index is 0.00000280. The van der Waals surface area contributed by atoms with E-state index in [4.69, 9.17) is 0 Å². The third-order valence-electron chi connectivity index (χ3n) is 5.72. The number of piperazine rings is 1. The molecule has 1 unspecified atom stereocenters. The highest BCUT2D eigenvalue weighted by molar-refractivity contribution is 14.0. The number of halogens is 1. The second kappa shape index (κ2) is 11.0. The van der Waals surface area contributed by atoms with Crippen molar-refractivity contribution in [1.29, 1.82) is 0 Å². The van der Waals surface area contributed by atoms with E-state index in [1.54, 1.807) is 0 Å². The molecule has 1 atom stereocenters. The first-order valence-electron chi connectivity index (χ1n) is 10.1. The fourth-order valence-electron chi connectivity index (χ4n) is 3.90. The van der Waals surface area contributed by atoms with Crippen molar-refractivity contribution in [2.75, 3.05) is 46.3 Å². The van der Waals surface area contributed by atoms with Crippen LogP contribution in [-0.2, 0) is 11.3 Å². The van der Waals surface area contributed by atoms with Crippen molar-refractivity contribution in [3.8, 4) is 0 Å². The summed E-state index contributed by atoms with van der Waals surface area (Å²) in [4.78, 5) is 23.7. The molecule has 28 heavy (non-hydrogen) atoms. The molecular formula is C21H34IN5O. The maximum atomic E-state index is 12.6. The second-order valence-corrected chi connectivity index (χ2v) is 7.62. The van der Waals surface area contributed by atoms with Gasteiger partial charge in [0.15, 0.2) is 5.96 Å². The first-order valence-corrected chi connectivity index (χ1v) is 10.1. The molecule has 2 heterocycles. The van der Waals surface area contributed by atoms with E-state index in [-0.39, 0.29) is 30.0 Å². The zero-order valence-electron chi connectivity index (χ0n) is 17.4. The van der Waals surface area contributed by atoms with Gasteiger partial charge in [-0.15, -0.1) is 24.0 Å². The van der Waals surface area contributed by atoms with Gasteiger partial charge in [-0.05, 0) is 32.3 Å². The molecule has 0 spiro atoms. The van der Waals surface area contributed by atoms with Gasteiger partial charge in [0, 0.05) is 52.9 Å². The molecule has 0 aliphatic carbocycles. The molecule has 156 valence electrons. The van der Waals surface area contributed by atoms with E-state index in [0.29, 0.717) is 5.91 Å². The lowest BCUT2D eigenvalue weighted by atomic mass is 10.1. The summed E-state index contributed by atoms with van der Waals surface area (Å²) < 4.78 is 0. The van der Waals surface area contributed by atoms with Gasteiger partial charge < -0.3 is 15.1 Å². The van der Waals surface area contributed by atoms with E-state index in [2.05, 4.69) is 58.2 Å². The fourth-order valence-corrected chi connectivity index (χ4v) is 3.90. The molecule has 1 aromatic carbocycles. The summed E-state index contributed by atoms with van der Waals surface area (Å²) in [7, 11) is 1.84. The monoisotopic (exact) mass is 499 g/mol. The SMILES string of the molecule is CN=C(NCc1ccc(C)cc1)N1CCN(C(C)C(=O)N2CCCC2)CC1.I. The van der Waals surface area contributed by atoms with Crippen molar-refractivity contribution in [3.05, 3.63) is 35.4 Å². The van der Waals surface area contributed by atoms with Crippen LogP contribution in [0.4, 0.5) is 0 Å². The molecule has 0 bridgehead atoms. The molecule has 1 aromatic rings. The maximum absolute atomic E-state index is 12.6. The number of likely N-dealkylation sites (tertiary alicyclic amines) is 1. The van der Waals surface area contributed by atoms with Crippen molar-refractivity contribution < 1.29 is 4.79 Å². The summed E-state index contributed by atoms with van der Waals surface area (Å²) in [6, 6.07) is 8.56. The summed E-state index contributed by atoms with van der Waals surface area (Å²) >= 11 is 0. The third kappa shape index (κ3) is 5.83. The Morgan fingerprint density at radius 1 is 1.04 bits per heavy atom. The lowest BCUT2D eigenvalue weighted by Gasteiger charge is -2.39. The van der Waals surface area contributed by atoms with Gasteiger partial charge in [0.2, 0.25) is 5.91 Å². The van der Waals surface area contributed by atoms with Crippen molar-refractivity contribution in [3.63, 3.8) is 0 Å². The number of nitrogens with one attached hydrogen (secondary N) is 1. The number of aliphatic imine (C=N–C) groups is 1. The minimum atomic E-state index is -0.0206. The lowest BCUT2D eigenvalue weighted by molar-refractivity contribution is -0.135. The summed E-state index contributed by atoms with van der Waals surface area (Å²) in [6.45, 7) is 10.4. The number of carbonyl (C=O) groups is 1. The Morgan fingerprint density at radius 2 is 1.64 bits per heavy atom. The van der Waals surface area contributed by atoms with Crippen molar-refractivity contribution >= 4 is 35.8 Å². The predicted molar refractivity (Wildman–Crippen MR) is 125 cm³/mol. The van der Waals surface area contributed by atoms with Gasteiger partial charge in [0.25, 0.3) is 0 Å². The van der Waals surface area contributed by atoms with Gasteiger partial charge in [0.05, 0.1) is 6.04 Å². The lowest BCUT2D eigenvalue weighted by Crippen LogP contribution is -2.57. The summed E-state index contributed by atoms with van der Waals surface area (Å²) in [5.41, 5.74) is 2.53. The van der Waals surface area contributed by atoms with Gasteiger partial charge >= 0.3 is 0 Å². The van der Waals surface area contributed by atoms with Gasteiger partial charge in [0.1, 0.15) is 0 Å². The average molecular weight is 499 g/mol. The van der Waals surface area contributed by atoms with E-state index in [1.165, 1.54) is 11.1 Å². The molecule has 7 heteroatoms. The van der Waals surface area contributed by atoms with Crippen molar-refractivity contribution in [1.82, 2.24) is 20.0 Å². The molecule has 2 saturated heterocycles. The minimum Gasteiger partial charge on any atom is -0.352 e. The second-order valence-electron chi connectivity index (χ2n) is 7.62. The highest BCUT2D eigenvalue weighted by Crippen LogP contribution is 2.14. The average Bonchev–Trinajstić information content (AvgIpc) is 3.24. The molecule has 2 fully saturated rings. The number of rotatable bonds is 4. The summed E-state index contributed by atoms with van der Waals surface area (Å²) in [5.74, 6) is 1.23. The van der Waals surface area contributed by atoms with Gasteiger partial charge in [-0.25, -0.2) is 0 Å². The fraction of sp³-hybridized carbons (Fsp3) is 0.619. The molecule has 0 radical (unpaired) electrons.